The van der Waals surface area contributed by atoms with Gasteiger partial charge in [0.25, 0.3) is 0 Å². The number of nitro benzene ring substituents is 1. The summed E-state index contributed by atoms with van der Waals surface area (Å²) in [5.41, 5.74) is 0.696. The van der Waals surface area contributed by atoms with Gasteiger partial charge in [-0.1, -0.05) is 0 Å². The van der Waals surface area contributed by atoms with Crippen LogP contribution in [0.2, 0.25) is 0 Å². The second-order valence-corrected chi connectivity index (χ2v) is 7.03. The number of methoxy groups -OCH3 is 2. The highest BCUT2D eigenvalue weighted by Crippen LogP contribution is 2.42. The molecule has 1 aliphatic heterocycles. The van der Waals surface area contributed by atoms with E-state index in [0.29, 0.717) is 11.3 Å². The quantitative estimate of drug-likeness (QED) is 0.323. The van der Waals surface area contributed by atoms with E-state index < -0.39 is 23.0 Å². The first-order valence-corrected chi connectivity index (χ1v) is 10.5. The molecule has 0 saturated carbocycles. The van der Waals surface area contributed by atoms with E-state index in [1.807, 2.05) is 0 Å². The molecular weight excluding hydrogens is 446 g/mol. The average Bonchev–Trinajstić information content (AvgIpc) is 2.83. The van der Waals surface area contributed by atoms with Crippen LogP contribution < -0.4 is 24.8 Å². The predicted molar refractivity (Wildman–Crippen MR) is 122 cm³/mol. The normalized spacial score (nSPS) is 15.2. The maximum Gasteiger partial charge on any atom is 0.338 e. The van der Waals surface area contributed by atoms with Crippen molar-refractivity contribution in [2.24, 2.45) is 0 Å². The molecule has 2 amide bonds. The molecule has 1 aliphatic rings. The lowest BCUT2D eigenvalue weighted by Crippen LogP contribution is -2.45. The molecule has 0 aromatic heterocycles. The van der Waals surface area contributed by atoms with Crippen LogP contribution in [0.15, 0.2) is 42.0 Å². The Hall–Kier alpha value is -4.28. The fraction of sp³-hybridized carbons (Fsp3) is 0.304. The van der Waals surface area contributed by atoms with Crippen LogP contribution in [-0.4, -0.2) is 44.4 Å². The van der Waals surface area contributed by atoms with Gasteiger partial charge >= 0.3 is 17.7 Å². The fourth-order valence-electron chi connectivity index (χ4n) is 3.61. The third-order valence-corrected chi connectivity index (χ3v) is 5.04. The Bertz CT molecular complexity index is 1130. The molecule has 11 heteroatoms. The van der Waals surface area contributed by atoms with Gasteiger partial charge in [0.1, 0.15) is 5.75 Å². The molecule has 2 N–H and O–H groups in total. The number of esters is 1. The van der Waals surface area contributed by atoms with Gasteiger partial charge in [-0.15, -0.1) is 0 Å². The molecule has 11 nitrogen and oxygen atoms in total. The third kappa shape index (κ3) is 4.87. The topological polar surface area (TPSA) is 138 Å². The summed E-state index contributed by atoms with van der Waals surface area (Å²) in [7, 11) is 2.82. The Kier molecular flexibility index (Phi) is 7.57. The summed E-state index contributed by atoms with van der Waals surface area (Å²) < 4.78 is 21.2. The Labute approximate surface area is 195 Å². The Morgan fingerprint density at radius 2 is 1.79 bits per heavy atom. The number of amides is 2. The van der Waals surface area contributed by atoms with E-state index in [4.69, 9.17) is 18.9 Å². The number of hydrogen-bond donors (Lipinski definition) is 2. The summed E-state index contributed by atoms with van der Waals surface area (Å²) in [5, 5.41) is 17.1. The molecule has 1 atom stereocenters. The molecule has 0 saturated heterocycles. The minimum absolute atomic E-state index is 0.0621. The van der Waals surface area contributed by atoms with Crippen molar-refractivity contribution in [3.05, 3.63) is 63.2 Å². The minimum Gasteiger partial charge on any atom is -0.497 e. The highest BCUT2D eigenvalue weighted by molar-refractivity contribution is 6.04. The second-order valence-electron chi connectivity index (χ2n) is 7.03. The van der Waals surface area contributed by atoms with Crippen molar-refractivity contribution >= 4 is 23.4 Å². The number of rotatable bonds is 9. The van der Waals surface area contributed by atoms with Gasteiger partial charge in [0.2, 0.25) is 5.75 Å². The number of carbonyl (C=O) groups is 2. The van der Waals surface area contributed by atoms with E-state index in [1.54, 1.807) is 38.1 Å². The fourth-order valence-corrected chi connectivity index (χ4v) is 3.61. The summed E-state index contributed by atoms with van der Waals surface area (Å²) in [6.07, 6.45) is 0. The van der Waals surface area contributed by atoms with Crippen LogP contribution in [0, 0.1) is 10.1 Å². The van der Waals surface area contributed by atoms with E-state index in [9.17, 15) is 19.7 Å². The molecule has 0 spiro atoms. The van der Waals surface area contributed by atoms with Crippen LogP contribution >= 0.6 is 0 Å². The second kappa shape index (κ2) is 10.6. The van der Waals surface area contributed by atoms with E-state index in [-0.39, 0.29) is 47.2 Å². The van der Waals surface area contributed by atoms with Crippen molar-refractivity contribution in [1.29, 1.82) is 0 Å². The lowest BCUT2D eigenvalue weighted by Gasteiger charge is -2.30. The first-order valence-electron chi connectivity index (χ1n) is 10.5. The van der Waals surface area contributed by atoms with Crippen LogP contribution in [0.5, 0.6) is 17.2 Å². The number of ether oxygens (including phenoxy) is 4. The largest absolute Gasteiger partial charge is 0.497 e. The molecule has 2 aromatic carbocycles. The first kappa shape index (κ1) is 24.4. The van der Waals surface area contributed by atoms with Crippen LogP contribution in [0.1, 0.15) is 31.0 Å². The van der Waals surface area contributed by atoms with Crippen molar-refractivity contribution in [3.63, 3.8) is 0 Å². The number of nitrogens with zero attached hydrogens (tertiary/aromatic N) is 1. The summed E-state index contributed by atoms with van der Waals surface area (Å²) in [4.78, 5) is 36.8. The lowest BCUT2D eigenvalue weighted by molar-refractivity contribution is -0.385. The summed E-state index contributed by atoms with van der Waals surface area (Å²) >= 11 is 0. The number of nitro groups is 1. The minimum atomic E-state index is -1.06. The average molecular weight is 471 g/mol. The molecule has 0 aliphatic carbocycles. The standard InChI is InChI=1S/C23H25N3O8/c1-5-33-17-12-14(11-16(26(29)30)21(17)32-4)20-18(22(27)34-6-2)19(24-23(28)25-20)13-7-9-15(31-3)10-8-13/h7-12,20H,5-6H2,1-4H3,(H2,24,25,28). The molecule has 2 aromatic rings. The van der Waals surface area contributed by atoms with Gasteiger partial charge in [0, 0.05) is 6.07 Å². The van der Waals surface area contributed by atoms with Crippen molar-refractivity contribution in [2.45, 2.75) is 19.9 Å². The van der Waals surface area contributed by atoms with Gasteiger partial charge in [-0.05, 0) is 55.3 Å². The Morgan fingerprint density at radius 3 is 2.35 bits per heavy atom. The zero-order chi connectivity index (χ0) is 24.8. The van der Waals surface area contributed by atoms with Crippen LogP contribution in [0.4, 0.5) is 10.5 Å². The zero-order valence-corrected chi connectivity index (χ0v) is 19.2. The van der Waals surface area contributed by atoms with Gasteiger partial charge in [-0.25, -0.2) is 9.59 Å². The Morgan fingerprint density at radius 1 is 1.09 bits per heavy atom. The smallest absolute Gasteiger partial charge is 0.338 e. The third-order valence-electron chi connectivity index (χ3n) is 5.04. The first-order chi connectivity index (χ1) is 16.3. The number of hydrogen-bond acceptors (Lipinski definition) is 8. The lowest BCUT2D eigenvalue weighted by atomic mass is 9.92. The molecule has 180 valence electrons. The highest BCUT2D eigenvalue weighted by Gasteiger charge is 2.36. The highest BCUT2D eigenvalue weighted by atomic mass is 16.6. The summed E-state index contributed by atoms with van der Waals surface area (Å²) in [5.74, 6) is -0.0580. The van der Waals surface area contributed by atoms with Gasteiger partial charge in [-0.2, -0.15) is 0 Å². The molecule has 34 heavy (non-hydrogen) atoms. The van der Waals surface area contributed by atoms with E-state index in [2.05, 4.69) is 10.6 Å². The van der Waals surface area contributed by atoms with Gasteiger partial charge in [-0.3, -0.25) is 10.1 Å². The van der Waals surface area contributed by atoms with Gasteiger partial charge in [0.05, 0.1) is 49.7 Å². The van der Waals surface area contributed by atoms with Crippen LogP contribution in [-0.2, 0) is 9.53 Å². The molecule has 0 radical (unpaired) electrons. The molecule has 3 rings (SSSR count). The number of carbonyl (C=O) groups excluding carboxylic acids is 2. The molecular formula is C23H25N3O8. The molecule has 0 fully saturated rings. The monoisotopic (exact) mass is 471 g/mol. The maximum absolute atomic E-state index is 13.1. The molecule has 1 unspecified atom stereocenters. The SMILES string of the molecule is CCOC(=O)C1=C(c2ccc(OC)cc2)NC(=O)NC1c1cc(OCC)c(OC)c([N+](=O)[O-])c1. The number of nitrogens with one attached hydrogen (secondary N) is 2. The molecule has 0 bridgehead atoms. The van der Waals surface area contributed by atoms with Crippen molar-refractivity contribution in [2.75, 3.05) is 27.4 Å². The number of benzene rings is 2. The van der Waals surface area contributed by atoms with E-state index in [0.717, 1.165) is 0 Å². The number of urea groups is 1. The Balaban J connectivity index is 2.26. The predicted octanol–water partition coefficient (Wildman–Crippen LogP) is 3.34. The van der Waals surface area contributed by atoms with E-state index in [1.165, 1.54) is 26.4 Å². The van der Waals surface area contributed by atoms with Crippen molar-refractivity contribution in [3.8, 4) is 17.2 Å². The maximum atomic E-state index is 13.1. The summed E-state index contributed by atoms with van der Waals surface area (Å²) in [6.45, 7) is 3.68. The zero-order valence-electron chi connectivity index (χ0n) is 19.2. The van der Waals surface area contributed by atoms with Crippen LogP contribution in [0.25, 0.3) is 5.70 Å². The van der Waals surface area contributed by atoms with Crippen LogP contribution in [0.3, 0.4) is 0 Å². The van der Waals surface area contributed by atoms with Crippen molar-refractivity contribution in [1.82, 2.24) is 10.6 Å². The summed E-state index contributed by atoms with van der Waals surface area (Å²) in [6, 6.07) is 7.79. The molecule has 1 heterocycles. The van der Waals surface area contributed by atoms with Crippen molar-refractivity contribution < 1.29 is 33.5 Å². The van der Waals surface area contributed by atoms with E-state index >= 15 is 0 Å². The van der Waals surface area contributed by atoms with Gasteiger partial charge in [0.15, 0.2) is 5.75 Å². The van der Waals surface area contributed by atoms with Gasteiger partial charge < -0.3 is 29.6 Å².